The molecule has 2 unspecified atom stereocenters. The topological polar surface area (TPSA) is 29.3 Å². The van der Waals surface area contributed by atoms with Gasteiger partial charge in [-0.3, -0.25) is 4.90 Å². The summed E-state index contributed by atoms with van der Waals surface area (Å²) in [5.74, 6) is 0.602. The Balaban J connectivity index is 2.01. The van der Waals surface area contributed by atoms with Crippen molar-refractivity contribution in [2.75, 3.05) is 13.1 Å². The summed E-state index contributed by atoms with van der Waals surface area (Å²) in [5, 5.41) is 1.45. The quantitative estimate of drug-likeness (QED) is 0.921. The largest absolute Gasteiger partial charge is 0.327 e. The van der Waals surface area contributed by atoms with Gasteiger partial charge in [-0.05, 0) is 36.6 Å². The van der Waals surface area contributed by atoms with Crippen molar-refractivity contribution in [1.29, 1.82) is 0 Å². The summed E-state index contributed by atoms with van der Waals surface area (Å²) in [4.78, 5) is 2.44. The maximum atomic E-state index is 6.21. The predicted octanol–water partition coefficient (Wildman–Crippen LogP) is 3.55. The van der Waals surface area contributed by atoms with E-state index in [0.717, 1.165) is 43.1 Å². The average molecular weight is 287 g/mol. The summed E-state index contributed by atoms with van der Waals surface area (Å²) in [6.07, 6.45) is 2.22. The second kappa shape index (κ2) is 6.25. The fourth-order valence-electron chi connectivity index (χ4n) is 2.59. The van der Waals surface area contributed by atoms with Crippen molar-refractivity contribution in [2.24, 2.45) is 11.7 Å². The molecule has 2 N–H and O–H groups in total. The molecule has 100 valence electrons. The Morgan fingerprint density at radius 3 is 2.83 bits per heavy atom. The number of likely N-dealkylation sites (tertiary alicyclic amines) is 1. The molecule has 1 aromatic carbocycles. The van der Waals surface area contributed by atoms with Gasteiger partial charge in [-0.1, -0.05) is 42.6 Å². The Morgan fingerprint density at radius 1 is 1.39 bits per heavy atom. The van der Waals surface area contributed by atoms with Gasteiger partial charge in [0.25, 0.3) is 0 Å². The number of hydrogen-bond donors (Lipinski definition) is 1. The van der Waals surface area contributed by atoms with Crippen LogP contribution in [0.3, 0.4) is 0 Å². The summed E-state index contributed by atoms with van der Waals surface area (Å²) in [6, 6.07) is 6.08. The summed E-state index contributed by atoms with van der Waals surface area (Å²) in [7, 11) is 0. The molecular formula is C14H20Cl2N2. The van der Waals surface area contributed by atoms with E-state index < -0.39 is 0 Å². The standard InChI is InChI=1S/C14H20Cl2N2/c1-2-10-8-18(6-5-14(10)17)9-11-3-4-12(15)7-13(11)16/h3-4,7,10,14H,2,5-6,8-9,17H2,1H3. The Hall–Kier alpha value is -0.280. The van der Waals surface area contributed by atoms with E-state index in [4.69, 9.17) is 28.9 Å². The number of rotatable bonds is 3. The first-order chi connectivity index (χ1) is 8.60. The number of piperidine rings is 1. The molecule has 0 radical (unpaired) electrons. The lowest BCUT2D eigenvalue weighted by molar-refractivity contribution is 0.145. The van der Waals surface area contributed by atoms with Crippen LogP contribution < -0.4 is 5.73 Å². The predicted molar refractivity (Wildman–Crippen MR) is 78.1 cm³/mol. The molecule has 1 saturated heterocycles. The SMILES string of the molecule is CCC1CN(Cc2ccc(Cl)cc2Cl)CCC1N. The Morgan fingerprint density at radius 2 is 2.17 bits per heavy atom. The first-order valence-electron chi connectivity index (χ1n) is 6.52. The zero-order valence-electron chi connectivity index (χ0n) is 10.7. The molecule has 1 aliphatic rings. The number of benzene rings is 1. The lowest BCUT2D eigenvalue weighted by atomic mass is 9.90. The van der Waals surface area contributed by atoms with Crippen molar-refractivity contribution in [1.82, 2.24) is 4.90 Å². The van der Waals surface area contributed by atoms with Crippen LogP contribution in [-0.2, 0) is 6.54 Å². The molecule has 0 bridgehead atoms. The highest BCUT2D eigenvalue weighted by Crippen LogP contribution is 2.25. The van der Waals surface area contributed by atoms with Crippen molar-refractivity contribution in [2.45, 2.75) is 32.4 Å². The van der Waals surface area contributed by atoms with Crippen LogP contribution >= 0.6 is 23.2 Å². The third kappa shape index (κ3) is 3.39. The van der Waals surface area contributed by atoms with Crippen molar-refractivity contribution in [3.05, 3.63) is 33.8 Å². The molecule has 4 heteroatoms. The Kier molecular flexibility index (Phi) is 4.91. The van der Waals surface area contributed by atoms with E-state index in [1.165, 1.54) is 0 Å². The molecule has 2 rings (SSSR count). The lowest BCUT2D eigenvalue weighted by Gasteiger charge is -2.36. The van der Waals surface area contributed by atoms with Gasteiger partial charge in [-0.2, -0.15) is 0 Å². The fourth-order valence-corrected chi connectivity index (χ4v) is 3.06. The number of hydrogen-bond acceptors (Lipinski definition) is 2. The maximum absolute atomic E-state index is 6.21. The minimum Gasteiger partial charge on any atom is -0.327 e. The van der Waals surface area contributed by atoms with Gasteiger partial charge in [0.05, 0.1) is 0 Å². The van der Waals surface area contributed by atoms with E-state index in [0.29, 0.717) is 17.0 Å². The lowest BCUT2D eigenvalue weighted by Crippen LogP contribution is -2.46. The Labute approximate surface area is 119 Å². The molecule has 0 saturated carbocycles. The zero-order chi connectivity index (χ0) is 13.1. The van der Waals surface area contributed by atoms with Gasteiger partial charge in [0.1, 0.15) is 0 Å². The van der Waals surface area contributed by atoms with E-state index in [-0.39, 0.29) is 0 Å². The van der Waals surface area contributed by atoms with E-state index >= 15 is 0 Å². The van der Waals surface area contributed by atoms with Crippen LogP contribution in [0.1, 0.15) is 25.3 Å². The molecule has 0 aromatic heterocycles. The average Bonchev–Trinajstić information content (AvgIpc) is 2.35. The Bertz CT molecular complexity index is 409. The molecule has 0 amide bonds. The molecule has 1 aromatic rings. The van der Waals surface area contributed by atoms with Crippen molar-refractivity contribution < 1.29 is 0 Å². The third-order valence-electron chi connectivity index (χ3n) is 3.81. The van der Waals surface area contributed by atoms with Gasteiger partial charge in [0.15, 0.2) is 0 Å². The first-order valence-corrected chi connectivity index (χ1v) is 7.27. The number of nitrogens with two attached hydrogens (primary N) is 1. The summed E-state index contributed by atoms with van der Waals surface area (Å²) in [6.45, 7) is 5.22. The first kappa shape index (κ1) is 14.1. The molecule has 1 heterocycles. The van der Waals surface area contributed by atoms with Crippen LogP contribution in [0.4, 0.5) is 0 Å². The summed E-state index contributed by atoms with van der Waals surface area (Å²) >= 11 is 12.1. The highest BCUT2D eigenvalue weighted by Gasteiger charge is 2.25. The van der Waals surface area contributed by atoms with Gasteiger partial charge in [0, 0.05) is 29.2 Å². The second-order valence-corrected chi connectivity index (χ2v) is 5.94. The van der Waals surface area contributed by atoms with E-state index in [9.17, 15) is 0 Å². The smallest absolute Gasteiger partial charge is 0.0465 e. The molecule has 2 nitrogen and oxygen atoms in total. The summed E-state index contributed by atoms with van der Waals surface area (Å²) < 4.78 is 0. The van der Waals surface area contributed by atoms with Crippen LogP contribution in [0.5, 0.6) is 0 Å². The van der Waals surface area contributed by atoms with Crippen LogP contribution in [0.2, 0.25) is 10.0 Å². The van der Waals surface area contributed by atoms with E-state index in [1.807, 2.05) is 18.2 Å². The molecule has 0 spiro atoms. The maximum Gasteiger partial charge on any atom is 0.0465 e. The van der Waals surface area contributed by atoms with Gasteiger partial charge < -0.3 is 5.73 Å². The van der Waals surface area contributed by atoms with E-state index in [1.54, 1.807) is 0 Å². The van der Waals surface area contributed by atoms with Crippen LogP contribution in [0.25, 0.3) is 0 Å². The number of nitrogens with zero attached hydrogens (tertiary/aromatic N) is 1. The molecule has 18 heavy (non-hydrogen) atoms. The van der Waals surface area contributed by atoms with Crippen molar-refractivity contribution >= 4 is 23.2 Å². The van der Waals surface area contributed by atoms with Crippen LogP contribution in [0.15, 0.2) is 18.2 Å². The van der Waals surface area contributed by atoms with Crippen molar-refractivity contribution in [3.8, 4) is 0 Å². The van der Waals surface area contributed by atoms with Crippen LogP contribution in [-0.4, -0.2) is 24.0 Å². The molecular weight excluding hydrogens is 267 g/mol. The molecule has 0 aliphatic carbocycles. The third-order valence-corrected chi connectivity index (χ3v) is 4.40. The minimum atomic E-state index is 0.354. The number of halogens is 2. The minimum absolute atomic E-state index is 0.354. The monoisotopic (exact) mass is 286 g/mol. The van der Waals surface area contributed by atoms with E-state index in [2.05, 4.69) is 11.8 Å². The zero-order valence-corrected chi connectivity index (χ0v) is 12.2. The van der Waals surface area contributed by atoms with Crippen molar-refractivity contribution in [3.63, 3.8) is 0 Å². The molecule has 1 aliphatic heterocycles. The highest BCUT2D eigenvalue weighted by atomic mass is 35.5. The fraction of sp³-hybridized carbons (Fsp3) is 0.571. The highest BCUT2D eigenvalue weighted by molar-refractivity contribution is 6.35. The normalized spacial score (nSPS) is 25.3. The van der Waals surface area contributed by atoms with Gasteiger partial charge in [-0.25, -0.2) is 0 Å². The molecule has 2 atom stereocenters. The second-order valence-electron chi connectivity index (χ2n) is 5.09. The van der Waals surface area contributed by atoms with Gasteiger partial charge in [-0.15, -0.1) is 0 Å². The molecule has 1 fully saturated rings. The summed E-state index contributed by atoms with van der Waals surface area (Å²) in [5.41, 5.74) is 7.27. The van der Waals surface area contributed by atoms with Crippen LogP contribution in [0, 0.1) is 5.92 Å². The van der Waals surface area contributed by atoms with Gasteiger partial charge in [0.2, 0.25) is 0 Å². The van der Waals surface area contributed by atoms with Gasteiger partial charge >= 0.3 is 0 Å².